The molecule has 0 radical (unpaired) electrons. The van der Waals surface area contributed by atoms with Crippen molar-refractivity contribution in [1.29, 1.82) is 0 Å². The zero-order valence-electron chi connectivity index (χ0n) is 17.2. The average molecular weight is 409 g/mol. The second-order valence-corrected chi connectivity index (χ2v) is 7.51. The smallest absolute Gasteiger partial charge is 0.134 e. The molecule has 0 unspecified atom stereocenters. The molecule has 1 aliphatic rings. The number of benzene rings is 3. The van der Waals surface area contributed by atoms with Gasteiger partial charge in [0, 0.05) is 36.1 Å². The molecule has 2 heterocycles. The lowest BCUT2D eigenvalue weighted by molar-refractivity contribution is 0.122. The number of hydrogen-bond donors (Lipinski definition) is 1. The highest BCUT2D eigenvalue weighted by Gasteiger charge is 2.11. The summed E-state index contributed by atoms with van der Waals surface area (Å²) in [6.07, 6.45) is 1.61. The van der Waals surface area contributed by atoms with E-state index in [2.05, 4.69) is 93.0 Å². The van der Waals surface area contributed by atoms with Crippen molar-refractivity contribution in [2.75, 3.05) is 36.5 Å². The number of morpholine rings is 1. The molecule has 0 saturated carbocycles. The van der Waals surface area contributed by atoms with E-state index in [0.717, 1.165) is 49.1 Å². The first kappa shape index (κ1) is 19.3. The number of nitrogens with one attached hydrogen (secondary N) is 1. The summed E-state index contributed by atoms with van der Waals surface area (Å²) in [6, 6.07) is 29.2. The van der Waals surface area contributed by atoms with Crippen LogP contribution in [0.1, 0.15) is 0 Å². The van der Waals surface area contributed by atoms with Gasteiger partial charge in [-0.05, 0) is 41.5 Å². The maximum atomic E-state index is 5.44. The Kier molecular flexibility index (Phi) is 5.58. The van der Waals surface area contributed by atoms with Gasteiger partial charge in [-0.25, -0.2) is 9.97 Å². The molecule has 0 atom stereocenters. The van der Waals surface area contributed by atoms with E-state index in [1.54, 1.807) is 6.33 Å². The summed E-state index contributed by atoms with van der Waals surface area (Å²) in [5.74, 6) is 0.772. The second kappa shape index (κ2) is 8.98. The molecule has 1 aromatic heterocycles. The Bertz CT molecular complexity index is 1140. The molecule has 1 saturated heterocycles. The third kappa shape index (κ3) is 4.57. The Labute approximate surface area is 182 Å². The molecule has 0 amide bonds. The first-order valence-electron chi connectivity index (χ1n) is 10.5. The normalized spacial score (nSPS) is 13.7. The maximum Gasteiger partial charge on any atom is 0.134 e. The van der Waals surface area contributed by atoms with Gasteiger partial charge in [0.1, 0.15) is 12.1 Å². The van der Waals surface area contributed by atoms with Gasteiger partial charge in [-0.1, -0.05) is 48.5 Å². The van der Waals surface area contributed by atoms with Crippen LogP contribution < -0.4 is 10.2 Å². The van der Waals surface area contributed by atoms with E-state index in [-0.39, 0.29) is 0 Å². The number of hydrogen-bond acceptors (Lipinski definition) is 5. The minimum Gasteiger partial charge on any atom is -0.378 e. The number of nitrogens with zero attached hydrogens (tertiary/aromatic N) is 3. The van der Waals surface area contributed by atoms with Crippen molar-refractivity contribution >= 4 is 17.2 Å². The van der Waals surface area contributed by atoms with Gasteiger partial charge in [-0.15, -0.1) is 0 Å². The number of ether oxygens (including phenoxy) is 1. The SMILES string of the molecule is c1ccc(-c2cccc(-c3cc(Nc4ccc(N5CCOCC5)cc4)ncn3)c2)cc1. The highest BCUT2D eigenvalue weighted by molar-refractivity contribution is 5.73. The summed E-state index contributed by atoms with van der Waals surface area (Å²) < 4.78 is 5.44. The zero-order valence-corrected chi connectivity index (χ0v) is 17.2. The van der Waals surface area contributed by atoms with E-state index < -0.39 is 0 Å². The van der Waals surface area contributed by atoms with Crippen LogP contribution in [0.2, 0.25) is 0 Å². The number of aromatic nitrogens is 2. The van der Waals surface area contributed by atoms with E-state index in [9.17, 15) is 0 Å². The summed E-state index contributed by atoms with van der Waals surface area (Å²) in [6.45, 7) is 3.44. The molecular formula is C26H24N4O. The van der Waals surface area contributed by atoms with Crippen LogP contribution in [0.15, 0.2) is 91.3 Å². The molecule has 154 valence electrons. The number of rotatable bonds is 5. The van der Waals surface area contributed by atoms with Crippen LogP contribution in [0.25, 0.3) is 22.4 Å². The van der Waals surface area contributed by atoms with Crippen molar-refractivity contribution in [3.63, 3.8) is 0 Å². The molecule has 3 aromatic carbocycles. The van der Waals surface area contributed by atoms with Crippen molar-refractivity contribution in [2.24, 2.45) is 0 Å². The predicted octanol–water partition coefficient (Wildman–Crippen LogP) is 5.39. The second-order valence-electron chi connectivity index (χ2n) is 7.51. The highest BCUT2D eigenvalue weighted by Crippen LogP contribution is 2.27. The molecule has 1 aliphatic heterocycles. The third-order valence-electron chi connectivity index (χ3n) is 5.45. The first-order chi connectivity index (χ1) is 15.3. The summed E-state index contributed by atoms with van der Waals surface area (Å²) in [5, 5.41) is 3.40. The van der Waals surface area contributed by atoms with E-state index in [4.69, 9.17) is 4.74 Å². The van der Waals surface area contributed by atoms with Crippen molar-refractivity contribution < 1.29 is 4.74 Å². The molecule has 5 rings (SSSR count). The summed E-state index contributed by atoms with van der Waals surface area (Å²) >= 11 is 0. The summed E-state index contributed by atoms with van der Waals surface area (Å²) in [7, 11) is 0. The Morgan fingerprint density at radius 2 is 1.45 bits per heavy atom. The third-order valence-corrected chi connectivity index (χ3v) is 5.45. The largest absolute Gasteiger partial charge is 0.378 e. The Morgan fingerprint density at radius 3 is 2.26 bits per heavy atom. The highest BCUT2D eigenvalue weighted by atomic mass is 16.5. The van der Waals surface area contributed by atoms with Crippen LogP contribution in [0.3, 0.4) is 0 Å². The minimum absolute atomic E-state index is 0.772. The monoisotopic (exact) mass is 408 g/mol. The van der Waals surface area contributed by atoms with Gasteiger partial charge in [0.2, 0.25) is 0 Å². The van der Waals surface area contributed by atoms with Gasteiger partial charge in [0.05, 0.1) is 18.9 Å². The predicted molar refractivity (Wildman–Crippen MR) is 126 cm³/mol. The van der Waals surface area contributed by atoms with E-state index in [1.807, 2.05) is 12.1 Å². The lowest BCUT2D eigenvalue weighted by Crippen LogP contribution is -2.36. The van der Waals surface area contributed by atoms with E-state index in [0.29, 0.717) is 0 Å². The Balaban J connectivity index is 1.34. The van der Waals surface area contributed by atoms with Crippen LogP contribution in [-0.4, -0.2) is 36.3 Å². The maximum absolute atomic E-state index is 5.44. The van der Waals surface area contributed by atoms with Gasteiger partial charge in [-0.3, -0.25) is 0 Å². The molecule has 1 N–H and O–H groups in total. The van der Waals surface area contributed by atoms with Crippen molar-refractivity contribution in [3.8, 4) is 22.4 Å². The molecule has 0 spiro atoms. The van der Waals surface area contributed by atoms with Crippen LogP contribution in [0.4, 0.5) is 17.2 Å². The molecule has 5 nitrogen and oxygen atoms in total. The van der Waals surface area contributed by atoms with Gasteiger partial charge in [-0.2, -0.15) is 0 Å². The quantitative estimate of drug-likeness (QED) is 0.480. The molecule has 0 bridgehead atoms. The van der Waals surface area contributed by atoms with Crippen LogP contribution in [0.5, 0.6) is 0 Å². The standard InChI is InChI=1S/C26H24N4O/c1-2-5-20(6-3-1)21-7-4-8-22(17-21)25-18-26(28-19-27-25)29-23-9-11-24(12-10-23)30-13-15-31-16-14-30/h1-12,17-19H,13-16H2,(H,27,28,29). The van der Waals surface area contributed by atoms with Gasteiger partial charge in [0.15, 0.2) is 0 Å². The fraction of sp³-hybridized carbons (Fsp3) is 0.154. The molecular weight excluding hydrogens is 384 g/mol. The van der Waals surface area contributed by atoms with Gasteiger partial charge >= 0.3 is 0 Å². The zero-order chi connectivity index (χ0) is 20.9. The minimum atomic E-state index is 0.772. The lowest BCUT2D eigenvalue weighted by Gasteiger charge is -2.28. The van der Waals surface area contributed by atoms with E-state index in [1.165, 1.54) is 16.8 Å². The molecule has 31 heavy (non-hydrogen) atoms. The topological polar surface area (TPSA) is 50.3 Å². The van der Waals surface area contributed by atoms with Crippen LogP contribution >= 0.6 is 0 Å². The van der Waals surface area contributed by atoms with Crippen molar-refractivity contribution in [1.82, 2.24) is 9.97 Å². The van der Waals surface area contributed by atoms with E-state index >= 15 is 0 Å². The van der Waals surface area contributed by atoms with Crippen LogP contribution in [-0.2, 0) is 4.74 Å². The van der Waals surface area contributed by atoms with Crippen molar-refractivity contribution in [2.45, 2.75) is 0 Å². The fourth-order valence-electron chi connectivity index (χ4n) is 3.80. The summed E-state index contributed by atoms with van der Waals surface area (Å²) in [4.78, 5) is 11.2. The fourth-order valence-corrected chi connectivity index (χ4v) is 3.80. The molecule has 1 fully saturated rings. The number of anilines is 3. The van der Waals surface area contributed by atoms with Gasteiger partial charge < -0.3 is 15.0 Å². The van der Waals surface area contributed by atoms with Crippen molar-refractivity contribution in [3.05, 3.63) is 91.3 Å². The summed E-state index contributed by atoms with van der Waals surface area (Å²) in [5.41, 5.74) is 6.53. The van der Waals surface area contributed by atoms with Crippen LogP contribution in [0, 0.1) is 0 Å². The molecule has 5 heteroatoms. The Hall–Kier alpha value is -3.70. The first-order valence-corrected chi connectivity index (χ1v) is 10.5. The Morgan fingerprint density at radius 1 is 0.710 bits per heavy atom. The molecule has 0 aliphatic carbocycles. The van der Waals surface area contributed by atoms with Gasteiger partial charge in [0.25, 0.3) is 0 Å². The lowest BCUT2D eigenvalue weighted by atomic mass is 10.0. The average Bonchev–Trinajstić information content (AvgIpc) is 2.86. The molecule has 4 aromatic rings.